The molecular weight excluding hydrogens is 451 g/mol. The Balaban J connectivity index is 1.50. The van der Waals surface area contributed by atoms with E-state index in [1.165, 1.54) is 18.0 Å². The Labute approximate surface area is 191 Å². The molecule has 0 radical (unpaired) electrons. The Morgan fingerprint density at radius 3 is 2.67 bits per heavy atom. The van der Waals surface area contributed by atoms with Crippen LogP contribution in [0.5, 0.6) is 11.5 Å². The van der Waals surface area contributed by atoms with Crippen molar-refractivity contribution in [2.75, 3.05) is 23.7 Å². The number of rotatable bonds is 2. The lowest BCUT2D eigenvalue weighted by Crippen LogP contribution is -2.31. The second kappa shape index (κ2) is 7.11. The molecule has 1 fully saturated rings. The minimum Gasteiger partial charge on any atom is -0.455 e. The van der Waals surface area contributed by atoms with Gasteiger partial charge in [-0.25, -0.2) is 23.7 Å². The maximum Gasteiger partial charge on any atom is 0.266 e. The monoisotopic (exact) mass is 469 g/mol. The van der Waals surface area contributed by atoms with Crippen LogP contribution in [0.15, 0.2) is 53.8 Å². The van der Waals surface area contributed by atoms with Crippen LogP contribution >= 0.6 is 11.8 Å². The highest BCUT2D eigenvalue weighted by Crippen LogP contribution is 2.54. The van der Waals surface area contributed by atoms with Gasteiger partial charge < -0.3 is 15.4 Å². The van der Waals surface area contributed by atoms with Gasteiger partial charge in [0.15, 0.2) is 10.9 Å². The number of benzene rings is 1. The standard InChI is InChI=1S/C23H18F3N5OS/c24-20-14(2-1-6-28-20)13-3-4-17-15(8-13)23(12-33-21(27)30-23)16-9-19(29-10-18(16)32-17)31-7-5-22(25,26)11-31/h1-4,6,8-10H,5,7,11-12H2,(H2,27,30). The number of fused-ring (bicyclic) bond motifs is 4. The molecule has 1 aromatic carbocycles. The molecule has 3 aromatic rings. The molecule has 6 nitrogen and oxygen atoms in total. The fourth-order valence-electron chi connectivity index (χ4n) is 4.62. The predicted molar refractivity (Wildman–Crippen MR) is 121 cm³/mol. The van der Waals surface area contributed by atoms with Crippen molar-refractivity contribution in [2.45, 2.75) is 17.9 Å². The SMILES string of the molecule is NC1=NC2(CS1)c1cc(-c3cccnc3F)ccc1Oc1cnc(N3CCC(F)(F)C3)cc12. The molecule has 1 unspecified atom stereocenters. The Morgan fingerprint density at radius 2 is 1.94 bits per heavy atom. The van der Waals surface area contributed by atoms with Crippen LogP contribution in [-0.2, 0) is 5.54 Å². The average Bonchev–Trinajstić information content (AvgIpc) is 3.37. The highest BCUT2D eigenvalue weighted by molar-refractivity contribution is 8.14. The average molecular weight is 469 g/mol. The van der Waals surface area contributed by atoms with Crippen LogP contribution < -0.4 is 15.4 Å². The molecule has 2 N–H and O–H groups in total. The fourth-order valence-corrected chi connectivity index (χ4v) is 5.58. The minimum absolute atomic E-state index is 0.211. The lowest BCUT2D eigenvalue weighted by molar-refractivity contribution is 0.0256. The molecule has 168 valence electrons. The minimum atomic E-state index is -2.74. The smallest absolute Gasteiger partial charge is 0.266 e. The molecule has 1 spiro atoms. The zero-order valence-corrected chi connectivity index (χ0v) is 18.1. The van der Waals surface area contributed by atoms with E-state index in [0.29, 0.717) is 44.9 Å². The van der Waals surface area contributed by atoms with Crippen molar-refractivity contribution in [3.63, 3.8) is 0 Å². The molecule has 10 heteroatoms. The van der Waals surface area contributed by atoms with E-state index in [1.54, 1.807) is 41.4 Å². The number of ether oxygens (including phenoxy) is 1. The molecule has 0 saturated carbocycles. The van der Waals surface area contributed by atoms with Gasteiger partial charge in [0.05, 0.1) is 12.7 Å². The quantitative estimate of drug-likeness (QED) is 0.556. The second-order valence-corrected chi connectivity index (χ2v) is 9.32. The van der Waals surface area contributed by atoms with Crippen molar-refractivity contribution in [3.05, 3.63) is 65.9 Å². The van der Waals surface area contributed by atoms with Gasteiger partial charge in [-0.3, -0.25) is 0 Å². The second-order valence-electron chi connectivity index (χ2n) is 8.32. The normalized spacial score (nSPS) is 22.6. The number of hydrogen-bond acceptors (Lipinski definition) is 7. The van der Waals surface area contributed by atoms with Crippen LogP contribution in [0, 0.1) is 5.95 Å². The number of alkyl halides is 2. The summed E-state index contributed by atoms with van der Waals surface area (Å²) in [5.41, 5.74) is 7.62. The van der Waals surface area contributed by atoms with Crippen molar-refractivity contribution in [2.24, 2.45) is 10.7 Å². The highest BCUT2D eigenvalue weighted by Gasteiger charge is 2.47. The first-order valence-electron chi connectivity index (χ1n) is 10.4. The predicted octanol–water partition coefficient (Wildman–Crippen LogP) is 4.54. The molecule has 0 bridgehead atoms. The number of anilines is 1. The molecule has 33 heavy (non-hydrogen) atoms. The number of pyridine rings is 2. The molecule has 6 rings (SSSR count). The van der Waals surface area contributed by atoms with Crippen molar-refractivity contribution in [1.82, 2.24) is 9.97 Å². The first kappa shape index (κ1) is 20.3. The van der Waals surface area contributed by atoms with Crippen LogP contribution in [0.1, 0.15) is 17.5 Å². The van der Waals surface area contributed by atoms with Crippen molar-refractivity contribution in [3.8, 4) is 22.6 Å². The topological polar surface area (TPSA) is 76.6 Å². The summed E-state index contributed by atoms with van der Waals surface area (Å²) in [5.74, 6) is -1.31. The van der Waals surface area contributed by atoms with Gasteiger partial charge in [0.1, 0.15) is 17.1 Å². The van der Waals surface area contributed by atoms with Gasteiger partial charge in [-0.2, -0.15) is 4.39 Å². The van der Waals surface area contributed by atoms with Crippen LogP contribution in [0.3, 0.4) is 0 Å². The molecule has 0 amide bonds. The summed E-state index contributed by atoms with van der Waals surface area (Å²) < 4.78 is 48.2. The molecule has 3 aliphatic heterocycles. The van der Waals surface area contributed by atoms with Gasteiger partial charge in [-0.15, -0.1) is 0 Å². The fraction of sp³-hybridized carbons (Fsp3) is 0.261. The van der Waals surface area contributed by atoms with Crippen LogP contribution in [-0.4, -0.2) is 39.9 Å². The zero-order chi connectivity index (χ0) is 22.8. The molecule has 1 saturated heterocycles. The number of nitrogens with two attached hydrogens (primary N) is 1. The summed E-state index contributed by atoms with van der Waals surface area (Å²) in [7, 11) is 0. The van der Waals surface area contributed by atoms with Gasteiger partial charge in [-0.05, 0) is 35.9 Å². The van der Waals surface area contributed by atoms with E-state index in [9.17, 15) is 13.2 Å². The number of amidine groups is 1. The molecular formula is C23H18F3N5OS. The third-order valence-corrected chi connectivity index (χ3v) is 7.19. The van der Waals surface area contributed by atoms with Crippen molar-refractivity contribution < 1.29 is 17.9 Å². The lowest BCUT2D eigenvalue weighted by Gasteiger charge is -2.35. The van der Waals surface area contributed by atoms with E-state index in [4.69, 9.17) is 15.5 Å². The number of nitrogens with zero attached hydrogens (tertiary/aromatic N) is 4. The maximum atomic E-state index is 14.4. The number of thioether (sulfide) groups is 1. The third kappa shape index (κ3) is 3.23. The number of halogens is 3. The Morgan fingerprint density at radius 1 is 1.09 bits per heavy atom. The zero-order valence-electron chi connectivity index (χ0n) is 17.3. The van der Waals surface area contributed by atoms with E-state index < -0.39 is 17.4 Å². The highest BCUT2D eigenvalue weighted by atomic mass is 32.2. The first-order valence-corrected chi connectivity index (χ1v) is 11.4. The number of hydrogen-bond donors (Lipinski definition) is 1. The van der Waals surface area contributed by atoms with Gasteiger partial charge in [0.2, 0.25) is 5.95 Å². The van der Waals surface area contributed by atoms with E-state index in [-0.39, 0.29) is 19.5 Å². The summed E-state index contributed by atoms with van der Waals surface area (Å²) in [4.78, 5) is 14.5. The van der Waals surface area contributed by atoms with Gasteiger partial charge in [0, 0.05) is 41.6 Å². The summed E-state index contributed by atoms with van der Waals surface area (Å²) in [6, 6.07) is 10.5. The van der Waals surface area contributed by atoms with E-state index in [1.807, 2.05) is 6.07 Å². The van der Waals surface area contributed by atoms with Crippen molar-refractivity contribution >= 4 is 22.7 Å². The summed E-state index contributed by atoms with van der Waals surface area (Å²) in [6.07, 6.45) is 2.74. The van der Waals surface area contributed by atoms with Crippen LogP contribution in [0.2, 0.25) is 0 Å². The lowest BCUT2D eigenvalue weighted by atomic mass is 9.81. The van der Waals surface area contributed by atoms with E-state index >= 15 is 0 Å². The summed E-state index contributed by atoms with van der Waals surface area (Å²) in [6.45, 7) is -0.165. The molecule has 0 aliphatic carbocycles. The Kier molecular flexibility index (Phi) is 4.39. The van der Waals surface area contributed by atoms with Crippen molar-refractivity contribution in [1.29, 1.82) is 0 Å². The number of aliphatic imine (C=N–C) groups is 1. The summed E-state index contributed by atoms with van der Waals surface area (Å²) in [5, 5.41) is 0.415. The Bertz CT molecular complexity index is 1320. The Hall–Kier alpha value is -3.27. The first-order chi connectivity index (χ1) is 15.8. The van der Waals surface area contributed by atoms with Crippen LogP contribution in [0.25, 0.3) is 11.1 Å². The molecule has 2 aromatic heterocycles. The van der Waals surface area contributed by atoms with Gasteiger partial charge in [0.25, 0.3) is 5.92 Å². The van der Waals surface area contributed by atoms with E-state index in [0.717, 1.165) is 5.56 Å². The largest absolute Gasteiger partial charge is 0.455 e. The van der Waals surface area contributed by atoms with E-state index in [2.05, 4.69) is 9.97 Å². The maximum absolute atomic E-state index is 14.4. The third-order valence-electron chi connectivity index (χ3n) is 6.24. The molecule has 1 atom stereocenters. The molecule has 5 heterocycles. The summed E-state index contributed by atoms with van der Waals surface area (Å²) >= 11 is 1.40. The number of aromatic nitrogens is 2. The molecule has 3 aliphatic rings. The van der Waals surface area contributed by atoms with Gasteiger partial charge >= 0.3 is 0 Å². The van der Waals surface area contributed by atoms with Crippen LogP contribution in [0.4, 0.5) is 19.0 Å². The van der Waals surface area contributed by atoms with Gasteiger partial charge in [-0.1, -0.05) is 17.8 Å².